The van der Waals surface area contributed by atoms with Crippen LogP contribution < -0.4 is 20.9 Å². The van der Waals surface area contributed by atoms with E-state index in [4.69, 9.17) is 22.2 Å². The molecule has 2 aliphatic rings. The average Bonchev–Trinajstić information content (AvgIpc) is 2.96. The van der Waals surface area contributed by atoms with Gasteiger partial charge in [-0.2, -0.15) is 4.98 Å². The van der Waals surface area contributed by atoms with Gasteiger partial charge in [-0.15, -0.1) is 0 Å². The van der Waals surface area contributed by atoms with Crippen molar-refractivity contribution < 1.29 is 0 Å². The van der Waals surface area contributed by atoms with Crippen LogP contribution in [0.3, 0.4) is 0 Å². The fourth-order valence-corrected chi connectivity index (χ4v) is 6.43. The number of unbranched alkanes of at least 4 members (excludes halogenated alkanes) is 7. The van der Waals surface area contributed by atoms with Gasteiger partial charge in [0, 0.05) is 37.4 Å². The highest BCUT2D eigenvalue weighted by atomic mass is 32.1. The Balaban J connectivity index is 1.14. The minimum atomic E-state index is 0.404. The van der Waals surface area contributed by atoms with Crippen molar-refractivity contribution >= 4 is 34.8 Å². The van der Waals surface area contributed by atoms with Crippen LogP contribution in [-0.2, 0) is 19.3 Å². The highest BCUT2D eigenvalue weighted by Crippen LogP contribution is 2.29. The number of rotatable bonds is 14. The molecule has 1 aromatic carbocycles. The third-order valence-corrected chi connectivity index (χ3v) is 8.73. The van der Waals surface area contributed by atoms with E-state index in [1.807, 2.05) is 0 Å². The van der Waals surface area contributed by atoms with E-state index in [1.165, 1.54) is 87.4 Å². The summed E-state index contributed by atoms with van der Waals surface area (Å²) in [7, 11) is 4.17. The number of anilines is 3. The van der Waals surface area contributed by atoms with Crippen LogP contribution in [0, 0.1) is 0 Å². The third kappa shape index (κ3) is 9.60. The molecule has 1 fully saturated rings. The number of aryl methyl sites for hydroxylation is 2. The second kappa shape index (κ2) is 16.1. The van der Waals surface area contributed by atoms with Crippen LogP contribution >= 0.6 is 12.2 Å². The van der Waals surface area contributed by atoms with Crippen molar-refractivity contribution in [1.29, 1.82) is 0 Å². The molecular formula is C33H52N6S. The van der Waals surface area contributed by atoms with E-state index in [1.54, 1.807) is 0 Å². The van der Waals surface area contributed by atoms with Crippen molar-refractivity contribution in [2.45, 2.75) is 128 Å². The number of thiocarbonyl (C=S) groups is 1. The number of fused-ring (bicyclic) bond motifs is 1. The fraction of sp³-hybridized carbons (Fsp3) is 0.667. The summed E-state index contributed by atoms with van der Waals surface area (Å²) in [5.41, 5.74) is 5.06. The van der Waals surface area contributed by atoms with Crippen molar-refractivity contribution in [3.8, 4) is 0 Å². The molecule has 40 heavy (non-hydrogen) atoms. The maximum Gasteiger partial charge on any atom is 0.225 e. The van der Waals surface area contributed by atoms with Crippen molar-refractivity contribution in [1.82, 2.24) is 15.3 Å². The molecule has 0 aliphatic heterocycles. The topological polar surface area (TPSA) is 65.1 Å². The Kier molecular flexibility index (Phi) is 12.3. The Bertz CT molecular complexity index is 1050. The summed E-state index contributed by atoms with van der Waals surface area (Å²) in [5.74, 6) is 1.88. The number of hydrogen-bond donors (Lipinski definition) is 3. The zero-order valence-corrected chi connectivity index (χ0v) is 26.1. The maximum atomic E-state index is 5.65. The molecule has 0 saturated heterocycles. The molecular weight excluding hydrogens is 512 g/mol. The monoisotopic (exact) mass is 564 g/mol. The molecule has 220 valence electrons. The molecule has 0 spiro atoms. The lowest BCUT2D eigenvalue weighted by Crippen LogP contribution is -2.42. The van der Waals surface area contributed by atoms with E-state index in [0.717, 1.165) is 61.1 Å². The standard InChI is InChI=1S/C33H52N6S/c1-4-5-6-7-8-9-10-11-14-25-17-19-27(20-18-25)35-33(40)36-28-23-21-26(22-24-28)34-32-37-30-16-13-12-15-29(30)31(38-32)39(2)3/h17-20,26,28H,4-16,21-24H2,1-3H3,(H,34,37,38)(H2,35,36,40)/t26-,28+. The van der Waals surface area contributed by atoms with Gasteiger partial charge in [-0.05, 0) is 94.1 Å². The molecule has 0 atom stereocenters. The van der Waals surface area contributed by atoms with Crippen molar-refractivity contribution in [3.63, 3.8) is 0 Å². The summed E-state index contributed by atoms with van der Waals surface area (Å²) >= 11 is 5.65. The zero-order chi connectivity index (χ0) is 28.2. The van der Waals surface area contributed by atoms with Gasteiger partial charge in [-0.1, -0.05) is 64.0 Å². The van der Waals surface area contributed by atoms with Crippen molar-refractivity contribution in [2.24, 2.45) is 0 Å². The average molecular weight is 565 g/mol. The van der Waals surface area contributed by atoms with Crippen LogP contribution in [0.5, 0.6) is 0 Å². The quantitative estimate of drug-likeness (QED) is 0.160. The number of nitrogens with zero attached hydrogens (tertiary/aromatic N) is 3. The Hall–Kier alpha value is -2.41. The Morgan fingerprint density at radius 1 is 0.850 bits per heavy atom. The summed E-state index contributed by atoms with van der Waals surface area (Å²) in [4.78, 5) is 11.9. The Labute approximate surface area is 248 Å². The van der Waals surface area contributed by atoms with Gasteiger partial charge in [0.25, 0.3) is 0 Å². The molecule has 0 radical (unpaired) electrons. The van der Waals surface area contributed by atoms with Crippen LogP contribution in [-0.4, -0.2) is 41.3 Å². The predicted molar refractivity (Wildman–Crippen MR) is 175 cm³/mol. The third-order valence-electron chi connectivity index (χ3n) is 8.51. The van der Waals surface area contributed by atoms with E-state index in [9.17, 15) is 0 Å². The summed E-state index contributed by atoms with van der Waals surface area (Å²) in [5, 5.41) is 11.3. The van der Waals surface area contributed by atoms with E-state index in [0.29, 0.717) is 12.1 Å². The summed E-state index contributed by atoms with van der Waals surface area (Å²) < 4.78 is 0. The molecule has 2 aliphatic carbocycles. The van der Waals surface area contributed by atoms with Crippen LogP contribution in [0.4, 0.5) is 17.5 Å². The van der Waals surface area contributed by atoms with Gasteiger partial charge in [0.1, 0.15) is 5.82 Å². The van der Waals surface area contributed by atoms with Crippen LogP contribution in [0.15, 0.2) is 24.3 Å². The van der Waals surface area contributed by atoms with Gasteiger partial charge < -0.3 is 20.9 Å². The van der Waals surface area contributed by atoms with E-state index < -0.39 is 0 Å². The maximum absolute atomic E-state index is 5.65. The van der Waals surface area contributed by atoms with Crippen molar-refractivity contribution in [3.05, 3.63) is 41.1 Å². The smallest absolute Gasteiger partial charge is 0.225 e. The second-order valence-corrected chi connectivity index (χ2v) is 12.5. The predicted octanol–water partition coefficient (Wildman–Crippen LogP) is 7.81. The minimum Gasteiger partial charge on any atom is -0.362 e. The molecule has 3 N–H and O–H groups in total. The molecule has 7 heteroatoms. The van der Waals surface area contributed by atoms with E-state index in [-0.39, 0.29) is 0 Å². The van der Waals surface area contributed by atoms with Gasteiger partial charge in [0.2, 0.25) is 5.95 Å². The SMILES string of the molecule is CCCCCCCCCCc1ccc(NC(=S)N[C@H]2CC[C@@H](Nc3nc4c(c(N(C)C)n3)CCCC4)CC2)cc1. The number of nitrogens with one attached hydrogen (secondary N) is 3. The van der Waals surface area contributed by atoms with Crippen molar-refractivity contribution in [2.75, 3.05) is 29.6 Å². The van der Waals surface area contributed by atoms with Crippen LogP contribution in [0.1, 0.15) is 114 Å². The first-order valence-corrected chi connectivity index (χ1v) is 16.4. The molecule has 1 aromatic heterocycles. The van der Waals surface area contributed by atoms with Crippen LogP contribution in [0.25, 0.3) is 0 Å². The summed E-state index contributed by atoms with van der Waals surface area (Å²) in [6.45, 7) is 2.28. The number of hydrogen-bond acceptors (Lipinski definition) is 5. The first-order chi connectivity index (χ1) is 19.5. The Morgan fingerprint density at radius 3 is 2.20 bits per heavy atom. The lowest BCUT2D eigenvalue weighted by atomic mass is 9.91. The lowest BCUT2D eigenvalue weighted by Gasteiger charge is -2.31. The first kappa shape index (κ1) is 30.5. The molecule has 4 rings (SSSR count). The summed E-state index contributed by atoms with van der Waals surface area (Å²) in [6, 6.07) is 9.62. The normalized spacial score (nSPS) is 18.6. The summed E-state index contributed by atoms with van der Waals surface area (Å²) in [6.07, 6.45) is 21.1. The highest BCUT2D eigenvalue weighted by molar-refractivity contribution is 7.80. The number of benzene rings is 1. The van der Waals surface area contributed by atoms with Gasteiger partial charge in [0.15, 0.2) is 5.11 Å². The zero-order valence-electron chi connectivity index (χ0n) is 25.2. The largest absolute Gasteiger partial charge is 0.362 e. The van der Waals surface area contributed by atoms with Gasteiger partial charge in [-0.25, -0.2) is 4.98 Å². The molecule has 2 aromatic rings. The first-order valence-electron chi connectivity index (χ1n) is 16.0. The fourth-order valence-electron chi connectivity index (χ4n) is 6.14. The molecule has 0 amide bonds. The number of aromatic nitrogens is 2. The Morgan fingerprint density at radius 2 is 1.50 bits per heavy atom. The van der Waals surface area contributed by atoms with Crippen LogP contribution in [0.2, 0.25) is 0 Å². The van der Waals surface area contributed by atoms with Gasteiger partial charge in [-0.3, -0.25) is 0 Å². The van der Waals surface area contributed by atoms with E-state index >= 15 is 0 Å². The lowest BCUT2D eigenvalue weighted by molar-refractivity contribution is 0.387. The molecule has 0 bridgehead atoms. The van der Waals surface area contributed by atoms with E-state index in [2.05, 4.69) is 66.1 Å². The molecule has 6 nitrogen and oxygen atoms in total. The minimum absolute atomic E-state index is 0.404. The molecule has 1 heterocycles. The highest BCUT2D eigenvalue weighted by Gasteiger charge is 2.24. The van der Waals surface area contributed by atoms with Gasteiger partial charge in [0.05, 0.1) is 5.69 Å². The van der Waals surface area contributed by atoms with Gasteiger partial charge >= 0.3 is 0 Å². The molecule has 1 saturated carbocycles. The molecule has 0 unspecified atom stereocenters. The second-order valence-electron chi connectivity index (χ2n) is 12.1.